The Labute approximate surface area is 135 Å². The van der Waals surface area contributed by atoms with Gasteiger partial charge in [-0.1, -0.05) is 36.4 Å². The van der Waals surface area contributed by atoms with Crippen molar-refractivity contribution in [3.8, 4) is 0 Å². The Morgan fingerprint density at radius 1 is 1.17 bits per heavy atom. The first-order chi connectivity index (χ1) is 11.2. The third kappa shape index (κ3) is 3.18. The Balaban J connectivity index is 1.65. The summed E-state index contributed by atoms with van der Waals surface area (Å²) in [6.07, 6.45) is 0. The maximum Gasteiger partial charge on any atom is 0.272 e. The van der Waals surface area contributed by atoms with Gasteiger partial charge in [0.2, 0.25) is 0 Å². The van der Waals surface area contributed by atoms with Crippen LogP contribution in [0, 0.1) is 0 Å². The summed E-state index contributed by atoms with van der Waals surface area (Å²) in [5.41, 5.74) is 2.43. The number of nitrogens with one attached hydrogen (secondary N) is 2. The highest BCUT2D eigenvalue weighted by Gasteiger charge is 2.16. The highest BCUT2D eigenvalue weighted by molar-refractivity contribution is 6.04. The van der Waals surface area contributed by atoms with Crippen molar-refractivity contribution < 1.29 is 4.79 Å². The Bertz CT molecular complexity index is 797. The molecule has 2 aromatic carbocycles. The van der Waals surface area contributed by atoms with Crippen LogP contribution in [0.3, 0.4) is 0 Å². The third-order valence-corrected chi connectivity index (χ3v) is 4.07. The first-order valence-electron chi connectivity index (χ1n) is 7.66. The van der Waals surface area contributed by atoms with Crippen molar-refractivity contribution in [3.63, 3.8) is 0 Å². The number of carbonyl (C=O) groups excluding carboxylic acids is 1. The largest absolute Gasteiger partial charge is 0.370 e. The van der Waals surface area contributed by atoms with Crippen molar-refractivity contribution in [1.82, 2.24) is 15.5 Å². The number of amides is 1. The molecule has 1 amide bonds. The van der Waals surface area contributed by atoms with Gasteiger partial charge in [-0.15, -0.1) is 0 Å². The second-order valence-electron chi connectivity index (χ2n) is 5.62. The molecule has 5 nitrogen and oxygen atoms in total. The number of nitrogens with zero attached hydrogens (tertiary/aromatic N) is 2. The molecule has 0 saturated heterocycles. The molecule has 1 atom stereocenters. The number of fused-ring (bicyclic) bond motifs is 1. The van der Waals surface area contributed by atoms with Gasteiger partial charge in [0, 0.05) is 30.7 Å². The molecule has 3 aromatic rings. The van der Waals surface area contributed by atoms with Crippen molar-refractivity contribution in [2.24, 2.45) is 0 Å². The van der Waals surface area contributed by atoms with Crippen LogP contribution in [0.5, 0.6) is 0 Å². The van der Waals surface area contributed by atoms with Crippen LogP contribution < -0.4 is 10.2 Å². The molecule has 0 unspecified atom stereocenters. The van der Waals surface area contributed by atoms with Gasteiger partial charge in [0.1, 0.15) is 0 Å². The highest BCUT2D eigenvalue weighted by Crippen LogP contribution is 2.16. The van der Waals surface area contributed by atoms with E-state index in [1.54, 1.807) is 0 Å². The summed E-state index contributed by atoms with van der Waals surface area (Å²) in [4.78, 5) is 14.5. The van der Waals surface area contributed by atoms with Crippen LogP contribution in [0.4, 0.5) is 5.69 Å². The van der Waals surface area contributed by atoms with E-state index in [1.165, 1.54) is 0 Å². The quantitative estimate of drug-likeness (QED) is 0.762. The molecule has 0 aliphatic carbocycles. The van der Waals surface area contributed by atoms with Gasteiger partial charge < -0.3 is 10.2 Å². The topological polar surface area (TPSA) is 61.0 Å². The Kier molecular flexibility index (Phi) is 4.28. The minimum absolute atomic E-state index is 0.157. The van der Waals surface area contributed by atoms with Gasteiger partial charge in [-0.05, 0) is 25.1 Å². The van der Waals surface area contributed by atoms with Gasteiger partial charge in [-0.3, -0.25) is 9.89 Å². The first kappa shape index (κ1) is 15.1. The molecule has 5 heteroatoms. The van der Waals surface area contributed by atoms with E-state index in [1.807, 2.05) is 49.5 Å². The maximum atomic E-state index is 12.4. The fourth-order valence-corrected chi connectivity index (χ4v) is 2.52. The van der Waals surface area contributed by atoms with Gasteiger partial charge in [0.05, 0.1) is 5.52 Å². The fraction of sp³-hybridized carbons (Fsp3) is 0.222. The number of hydrogen-bond acceptors (Lipinski definition) is 3. The number of H-pyrrole nitrogens is 1. The van der Waals surface area contributed by atoms with Gasteiger partial charge in [-0.2, -0.15) is 5.10 Å². The molecule has 1 aromatic heterocycles. The third-order valence-electron chi connectivity index (χ3n) is 4.07. The number of rotatable bonds is 5. The molecular formula is C18H20N4O. The summed E-state index contributed by atoms with van der Waals surface area (Å²) in [7, 11) is 2.02. The van der Waals surface area contributed by atoms with Crippen LogP contribution in [-0.2, 0) is 0 Å². The number of aromatic nitrogens is 2. The average molecular weight is 308 g/mol. The molecule has 0 aliphatic heterocycles. The first-order valence-corrected chi connectivity index (χ1v) is 7.66. The van der Waals surface area contributed by atoms with E-state index >= 15 is 0 Å². The number of likely N-dealkylation sites (N-methyl/N-ethyl adjacent to an activating group) is 1. The number of anilines is 1. The Morgan fingerprint density at radius 2 is 1.87 bits per heavy atom. The SMILES string of the molecule is C[C@@H](CNC(=O)c1n[nH]c2ccccc12)N(C)c1ccccc1. The number of aromatic amines is 1. The molecule has 0 aliphatic rings. The molecule has 0 fully saturated rings. The molecule has 0 saturated carbocycles. The molecule has 118 valence electrons. The summed E-state index contributed by atoms with van der Waals surface area (Å²) >= 11 is 0. The Hall–Kier alpha value is -2.82. The molecular weight excluding hydrogens is 288 g/mol. The fourth-order valence-electron chi connectivity index (χ4n) is 2.52. The minimum atomic E-state index is -0.157. The predicted molar refractivity (Wildman–Crippen MR) is 92.7 cm³/mol. The second-order valence-corrected chi connectivity index (χ2v) is 5.62. The van der Waals surface area contributed by atoms with E-state index < -0.39 is 0 Å². The zero-order chi connectivity index (χ0) is 16.2. The highest BCUT2D eigenvalue weighted by atomic mass is 16.1. The van der Waals surface area contributed by atoms with Crippen LogP contribution in [0.1, 0.15) is 17.4 Å². The van der Waals surface area contributed by atoms with E-state index in [2.05, 4.69) is 39.5 Å². The zero-order valence-electron chi connectivity index (χ0n) is 13.3. The van der Waals surface area contributed by atoms with E-state index in [-0.39, 0.29) is 11.9 Å². The zero-order valence-corrected chi connectivity index (χ0v) is 13.3. The normalized spacial score (nSPS) is 12.1. The number of hydrogen-bond donors (Lipinski definition) is 2. The predicted octanol–water partition coefficient (Wildman–Crippen LogP) is 2.82. The van der Waals surface area contributed by atoms with Crippen LogP contribution in [0.15, 0.2) is 54.6 Å². The molecule has 3 rings (SSSR count). The molecule has 23 heavy (non-hydrogen) atoms. The van der Waals surface area contributed by atoms with E-state index in [4.69, 9.17) is 0 Å². The van der Waals surface area contributed by atoms with Crippen molar-refractivity contribution in [2.45, 2.75) is 13.0 Å². The van der Waals surface area contributed by atoms with E-state index in [0.717, 1.165) is 16.6 Å². The summed E-state index contributed by atoms with van der Waals surface area (Å²) in [5.74, 6) is -0.157. The van der Waals surface area contributed by atoms with Gasteiger partial charge in [0.25, 0.3) is 5.91 Å². The molecule has 2 N–H and O–H groups in total. The Morgan fingerprint density at radius 3 is 2.65 bits per heavy atom. The van der Waals surface area contributed by atoms with Gasteiger partial charge in [-0.25, -0.2) is 0 Å². The summed E-state index contributed by atoms with van der Waals surface area (Å²) in [6, 6.07) is 17.9. The van der Waals surface area contributed by atoms with Gasteiger partial charge >= 0.3 is 0 Å². The van der Waals surface area contributed by atoms with Crippen LogP contribution in [-0.4, -0.2) is 35.7 Å². The molecule has 0 radical (unpaired) electrons. The smallest absolute Gasteiger partial charge is 0.272 e. The lowest BCUT2D eigenvalue weighted by atomic mass is 10.2. The lowest BCUT2D eigenvalue weighted by Crippen LogP contribution is -2.40. The standard InChI is InChI=1S/C18H20N4O/c1-13(22(2)14-8-4-3-5-9-14)12-19-18(23)17-15-10-6-7-11-16(15)20-21-17/h3-11,13H,12H2,1-2H3,(H,19,23)(H,20,21)/t13-/m0/s1. The van der Waals surface area contributed by atoms with Gasteiger partial charge in [0.15, 0.2) is 5.69 Å². The average Bonchev–Trinajstić information content (AvgIpc) is 3.03. The van der Waals surface area contributed by atoms with E-state index in [0.29, 0.717) is 12.2 Å². The van der Waals surface area contributed by atoms with Crippen LogP contribution in [0.2, 0.25) is 0 Å². The van der Waals surface area contributed by atoms with E-state index in [9.17, 15) is 4.79 Å². The minimum Gasteiger partial charge on any atom is -0.370 e. The van der Waals surface area contributed by atoms with Crippen molar-refractivity contribution in [3.05, 3.63) is 60.3 Å². The lowest BCUT2D eigenvalue weighted by molar-refractivity contribution is 0.0948. The molecule has 0 spiro atoms. The number of carbonyl (C=O) groups is 1. The summed E-state index contributed by atoms with van der Waals surface area (Å²) < 4.78 is 0. The number of benzene rings is 2. The number of para-hydroxylation sites is 2. The lowest BCUT2D eigenvalue weighted by Gasteiger charge is -2.27. The monoisotopic (exact) mass is 308 g/mol. The van der Waals surface area contributed by atoms with Crippen molar-refractivity contribution >= 4 is 22.5 Å². The second kappa shape index (κ2) is 6.52. The maximum absolute atomic E-state index is 12.4. The van der Waals surface area contributed by atoms with Crippen LogP contribution >= 0.6 is 0 Å². The molecule has 1 heterocycles. The molecule has 0 bridgehead atoms. The summed E-state index contributed by atoms with van der Waals surface area (Å²) in [6.45, 7) is 2.63. The van der Waals surface area contributed by atoms with Crippen LogP contribution in [0.25, 0.3) is 10.9 Å². The van der Waals surface area contributed by atoms with Crippen molar-refractivity contribution in [1.29, 1.82) is 0 Å². The summed E-state index contributed by atoms with van der Waals surface area (Å²) in [5, 5.41) is 10.8. The van der Waals surface area contributed by atoms with Crippen molar-refractivity contribution in [2.75, 3.05) is 18.5 Å².